The number of fused-ring (bicyclic) bond motifs is 1. The monoisotopic (exact) mass is 486 g/mol. The molecule has 0 saturated heterocycles. The Hall–Kier alpha value is -3.31. The lowest BCUT2D eigenvalue weighted by Gasteiger charge is -2.33. The molecule has 1 unspecified atom stereocenters. The van der Waals surface area contributed by atoms with Gasteiger partial charge in [0.15, 0.2) is 11.2 Å². The molecule has 172 valence electrons. The fourth-order valence-electron chi connectivity index (χ4n) is 3.43. The van der Waals surface area contributed by atoms with Crippen LogP contribution in [0.1, 0.15) is 33.7 Å². The van der Waals surface area contributed by atoms with Crippen molar-refractivity contribution in [1.82, 2.24) is 9.97 Å². The van der Waals surface area contributed by atoms with Crippen molar-refractivity contribution in [2.24, 2.45) is 0 Å². The van der Waals surface area contributed by atoms with Gasteiger partial charge in [-0.25, -0.2) is 14.8 Å². The first-order chi connectivity index (χ1) is 15.8. The van der Waals surface area contributed by atoms with Crippen LogP contribution in [-0.2, 0) is 14.3 Å². The minimum atomic E-state index is -0.675. The number of aromatic nitrogens is 2. The quantitative estimate of drug-likeness (QED) is 0.528. The van der Waals surface area contributed by atoms with Gasteiger partial charge in [-0.2, -0.15) is 0 Å². The zero-order chi connectivity index (χ0) is 23.7. The SMILES string of the molecule is CCC1Oc2ccc(-c3csc(C)n3)cc2N(CC(=O)Nc2nc(C)c(C(=O)OC)s2)C1=O. The summed E-state index contributed by atoms with van der Waals surface area (Å²) in [7, 11) is 1.28. The fraction of sp³-hybridized carbons (Fsp3) is 0.318. The number of hydrogen-bond acceptors (Lipinski definition) is 9. The van der Waals surface area contributed by atoms with Gasteiger partial charge in [-0.3, -0.25) is 14.5 Å². The second-order valence-corrected chi connectivity index (χ2v) is 9.41. The Morgan fingerprint density at radius 2 is 2.06 bits per heavy atom. The molecule has 11 heteroatoms. The summed E-state index contributed by atoms with van der Waals surface area (Å²) < 4.78 is 10.6. The van der Waals surface area contributed by atoms with Crippen molar-refractivity contribution in [2.75, 3.05) is 23.9 Å². The van der Waals surface area contributed by atoms with Gasteiger partial charge in [-0.1, -0.05) is 18.3 Å². The number of anilines is 2. The third-order valence-corrected chi connectivity index (χ3v) is 6.89. The summed E-state index contributed by atoms with van der Waals surface area (Å²) in [6, 6.07) is 5.50. The molecule has 3 aromatic rings. The first-order valence-electron chi connectivity index (χ1n) is 10.2. The molecule has 2 amide bonds. The lowest BCUT2D eigenvalue weighted by Crippen LogP contribution is -2.48. The van der Waals surface area contributed by atoms with Crippen LogP contribution in [0.25, 0.3) is 11.3 Å². The maximum absolute atomic E-state index is 13.1. The summed E-state index contributed by atoms with van der Waals surface area (Å²) in [5.74, 6) is -0.718. The van der Waals surface area contributed by atoms with Gasteiger partial charge in [0.2, 0.25) is 5.91 Å². The predicted molar refractivity (Wildman–Crippen MR) is 126 cm³/mol. The van der Waals surface area contributed by atoms with Gasteiger partial charge in [-0.05, 0) is 38.5 Å². The molecule has 1 N–H and O–H groups in total. The number of ether oxygens (including phenoxy) is 2. The van der Waals surface area contributed by atoms with Gasteiger partial charge in [0.1, 0.15) is 17.2 Å². The van der Waals surface area contributed by atoms with E-state index in [1.807, 2.05) is 31.4 Å². The van der Waals surface area contributed by atoms with Crippen LogP contribution in [0.3, 0.4) is 0 Å². The number of carbonyl (C=O) groups is 3. The van der Waals surface area contributed by atoms with E-state index < -0.39 is 18.0 Å². The lowest BCUT2D eigenvalue weighted by atomic mass is 10.1. The number of rotatable bonds is 6. The lowest BCUT2D eigenvalue weighted by molar-refractivity contribution is -0.128. The molecule has 1 aromatic carbocycles. The second kappa shape index (κ2) is 9.28. The van der Waals surface area contributed by atoms with E-state index in [4.69, 9.17) is 9.47 Å². The van der Waals surface area contributed by atoms with Crippen LogP contribution in [0.4, 0.5) is 10.8 Å². The number of hydrogen-bond donors (Lipinski definition) is 1. The van der Waals surface area contributed by atoms with Crippen LogP contribution in [0.5, 0.6) is 5.75 Å². The van der Waals surface area contributed by atoms with E-state index in [0.29, 0.717) is 28.4 Å². The normalized spacial score (nSPS) is 15.1. The van der Waals surface area contributed by atoms with E-state index in [9.17, 15) is 14.4 Å². The number of amides is 2. The summed E-state index contributed by atoms with van der Waals surface area (Å²) in [6.07, 6.45) is -0.205. The minimum Gasteiger partial charge on any atom is -0.478 e. The number of thiazole rings is 2. The van der Waals surface area contributed by atoms with E-state index in [0.717, 1.165) is 27.6 Å². The number of esters is 1. The Labute approximate surface area is 198 Å². The molecule has 0 saturated carbocycles. The summed E-state index contributed by atoms with van der Waals surface area (Å²) in [6.45, 7) is 5.21. The average molecular weight is 487 g/mol. The second-order valence-electron chi connectivity index (χ2n) is 7.35. The average Bonchev–Trinajstić information content (AvgIpc) is 3.39. The van der Waals surface area contributed by atoms with E-state index in [1.165, 1.54) is 23.3 Å². The smallest absolute Gasteiger partial charge is 0.350 e. The molecule has 0 fully saturated rings. The standard InChI is InChI=1S/C22H22N4O5S2/c1-5-16-20(28)26(9-18(27)25-22-23-11(2)19(33-22)21(29)30-4)15-8-13(6-7-17(15)31-16)14-10-32-12(3)24-14/h6-8,10,16H,5,9H2,1-4H3,(H,23,25,27). The van der Waals surface area contributed by atoms with Crippen molar-refractivity contribution in [3.05, 3.63) is 39.2 Å². The minimum absolute atomic E-state index is 0.225. The van der Waals surface area contributed by atoms with Gasteiger partial charge in [-0.15, -0.1) is 11.3 Å². The molecule has 0 aliphatic carbocycles. The van der Waals surface area contributed by atoms with Crippen LogP contribution in [0.15, 0.2) is 23.6 Å². The zero-order valence-electron chi connectivity index (χ0n) is 18.5. The maximum atomic E-state index is 13.1. The van der Waals surface area contributed by atoms with E-state index >= 15 is 0 Å². The number of methoxy groups -OCH3 is 1. The highest BCUT2D eigenvalue weighted by Gasteiger charge is 2.35. The van der Waals surface area contributed by atoms with Crippen LogP contribution >= 0.6 is 22.7 Å². The molecule has 1 aliphatic rings. The van der Waals surface area contributed by atoms with Gasteiger partial charge in [0.25, 0.3) is 5.91 Å². The molecular weight excluding hydrogens is 464 g/mol. The molecular formula is C22H22N4O5S2. The molecule has 33 heavy (non-hydrogen) atoms. The summed E-state index contributed by atoms with van der Waals surface area (Å²) in [4.78, 5) is 48.2. The maximum Gasteiger partial charge on any atom is 0.350 e. The van der Waals surface area contributed by atoms with Crippen LogP contribution in [0.2, 0.25) is 0 Å². The van der Waals surface area contributed by atoms with Gasteiger partial charge in [0.05, 0.1) is 29.2 Å². The van der Waals surface area contributed by atoms with E-state index in [-0.39, 0.29) is 17.6 Å². The number of benzene rings is 1. The Balaban J connectivity index is 1.60. The Bertz CT molecular complexity index is 1240. The largest absolute Gasteiger partial charge is 0.478 e. The van der Waals surface area contributed by atoms with Crippen molar-refractivity contribution in [1.29, 1.82) is 0 Å². The molecule has 0 bridgehead atoms. The van der Waals surface area contributed by atoms with Gasteiger partial charge < -0.3 is 14.8 Å². The molecule has 2 aromatic heterocycles. The highest BCUT2D eigenvalue weighted by atomic mass is 32.1. The first-order valence-corrected chi connectivity index (χ1v) is 11.9. The molecule has 1 aliphatic heterocycles. The third kappa shape index (κ3) is 4.60. The highest BCUT2D eigenvalue weighted by Crippen LogP contribution is 2.38. The van der Waals surface area contributed by atoms with Crippen molar-refractivity contribution in [3.63, 3.8) is 0 Å². The van der Waals surface area contributed by atoms with Crippen molar-refractivity contribution in [2.45, 2.75) is 33.3 Å². The summed E-state index contributed by atoms with van der Waals surface area (Å²) in [5, 5.41) is 5.82. The van der Waals surface area contributed by atoms with Crippen molar-refractivity contribution < 1.29 is 23.9 Å². The van der Waals surface area contributed by atoms with E-state index in [1.54, 1.807) is 13.0 Å². The number of nitrogens with zero attached hydrogens (tertiary/aromatic N) is 3. The molecule has 9 nitrogen and oxygen atoms in total. The Morgan fingerprint density at radius 1 is 1.27 bits per heavy atom. The van der Waals surface area contributed by atoms with E-state index in [2.05, 4.69) is 15.3 Å². The highest BCUT2D eigenvalue weighted by molar-refractivity contribution is 7.17. The van der Waals surface area contributed by atoms with Crippen LogP contribution in [0, 0.1) is 13.8 Å². The Kier molecular flexibility index (Phi) is 6.43. The van der Waals surface area contributed by atoms with Crippen LogP contribution in [-0.4, -0.2) is 47.5 Å². The van der Waals surface area contributed by atoms with Crippen molar-refractivity contribution in [3.8, 4) is 17.0 Å². The first kappa shape index (κ1) is 22.9. The summed E-state index contributed by atoms with van der Waals surface area (Å²) >= 11 is 2.56. The molecule has 3 heterocycles. The number of carbonyl (C=O) groups excluding carboxylic acids is 3. The predicted octanol–water partition coefficient (Wildman–Crippen LogP) is 3.81. The third-order valence-electron chi connectivity index (χ3n) is 5.06. The van der Waals surface area contributed by atoms with Gasteiger partial charge >= 0.3 is 5.97 Å². The van der Waals surface area contributed by atoms with Crippen LogP contribution < -0.4 is 15.0 Å². The zero-order valence-corrected chi connectivity index (χ0v) is 20.1. The van der Waals surface area contributed by atoms with Crippen molar-refractivity contribution >= 4 is 51.3 Å². The molecule has 4 rings (SSSR count). The molecule has 1 atom stereocenters. The molecule has 0 spiro atoms. The number of aryl methyl sites for hydroxylation is 2. The molecule has 0 radical (unpaired) electrons. The summed E-state index contributed by atoms with van der Waals surface area (Å²) in [5.41, 5.74) is 2.59. The number of nitrogens with one attached hydrogen (secondary N) is 1. The van der Waals surface area contributed by atoms with Gasteiger partial charge in [0, 0.05) is 10.9 Å². The topological polar surface area (TPSA) is 111 Å². The Morgan fingerprint density at radius 3 is 2.73 bits per heavy atom. The fourth-order valence-corrected chi connectivity index (χ4v) is 4.96.